The predicted octanol–water partition coefficient (Wildman–Crippen LogP) is 3.23. The Balaban J connectivity index is 1.34. The number of ether oxygens (including phenoxy) is 1. The van der Waals surface area contributed by atoms with E-state index in [1.54, 1.807) is 28.9 Å². The van der Waals surface area contributed by atoms with Crippen LogP contribution in [0.15, 0.2) is 54.9 Å². The minimum absolute atomic E-state index is 0.000551. The van der Waals surface area contributed by atoms with Gasteiger partial charge in [-0.25, -0.2) is 9.97 Å². The van der Waals surface area contributed by atoms with Crippen LogP contribution in [0.25, 0.3) is 16.9 Å². The molecule has 0 unspecified atom stereocenters. The topological polar surface area (TPSA) is 89.3 Å². The van der Waals surface area contributed by atoms with Crippen LogP contribution in [-0.4, -0.2) is 68.6 Å². The second-order valence-corrected chi connectivity index (χ2v) is 8.02. The minimum Gasteiger partial charge on any atom is -0.494 e. The quantitative estimate of drug-likeness (QED) is 0.449. The second kappa shape index (κ2) is 9.03. The largest absolute Gasteiger partial charge is 0.494 e. The van der Waals surface area contributed by atoms with Crippen molar-refractivity contribution in [2.24, 2.45) is 0 Å². The van der Waals surface area contributed by atoms with Gasteiger partial charge in [-0.05, 0) is 55.5 Å². The van der Waals surface area contributed by atoms with Crippen LogP contribution in [-0.2, 0) is 0 Å². The summed E-state index contributed by atoms with van der Waals surface area (Å²) in [7, 11) is 0. The smallest absolute Gasteiger partial charge is 0.253 e. The highest BCUT2D eigenvalue weighted by Gasteiger charge is 2.25. The fourth-order valence-electron chi connectivity index (χ4n) is 3.89. The molecule has 5 rings (SSSR count). The standard InChI is InChI=1S/C23H22ClN7O2/c1-2-33-19-9-7-18(8-10-19)31-22-20(27-28-31)21(25-15-26-22)29-11-13-30(14-12-29)23(32)16-3-5-17(24)6-4-16/h3-10,15H,2,11-14H2,1H3. The molecule has 4 aromatic rings. The normalized spacial score (nSPS) is 14.0. The van der Waals surface area contributed by atoms with E-state index in [9.17, 15) is 4.79 Å². The first kappa shape index (κ1) is 21.1. The van der Waals surface area contributed by atoms with E-state index in [-0.39, 0.29) is 5.91 Å². The Morgan fingerprint density at radius 3 is 2.42 bits per heavy atom. The highest BCUT2D eigenvalue weighted by Crippen LogP contribution is 2.25. The molecule has 3 heterocycles. The molecule has 33 heavy (non-hydrogen) atoms. The van der Waals surface area contributed by atoms with Gasteiger partial charge in [0.2, 0.25) is 0 Å². The summed E-state index contributed by atoms with van der Waals surface area (Å²) in [5.41, 5.74) is 2.73. The number of fused-ring (bicyclic) bond motifs is 1. The lowest BCUT2D eigenvalue weighted by Crippen LogP contribution is -2.49. The van der Waals surface area contributed by atoms with Gasteiger partial charge in [0.05, 0.1) is 12.3 Å². The Kier molecular flexibility index (Phi) is 5.78. The average molecular weight is 464 g/mol. The second-order valence-electron chi connectivity index (χ2n) is 7.58. The van der Waals surface area contributed by atoms with Crippen LogP contribution in [0.3, 0.4) is 0 Å². The van der Waals surface area contributed by atoms with Crippen LogP contribution in [0, 0.1) is 0 Å². The molecule has 0 atom stereocenters. The third-order valence-corrected chi connectivity index (χ3v) is 5.82. The van der Waals surface area contributed by atoms with Crippen molar-refractivity contribution >= 4 is 34.5 Å². The van der Waals surface area contributed by atoms with Gasteiger partial charge in [-0.2, -0.15) is 4.68 Å². The lowest BCUT2D eigenvalue weighted by molar-refractivity contribution is 0.0746. The SMILES string of the molecule is CCOc1ccc(-n2nnc3c(N4CCN(C(=O)c5ccc(Cl)cc5)CC4)ncnc32)cc1. The molecule has 1 amide bonds. The van der Waals surface area contributed by atoms with E-state index in [0.717, 1.165) is 17.3 Å². The zero-order chi connectivity index (χ0) is 22.8. The average Bonchev–Trinajstić information content (AvgIpc) is 3.29. The molecule has 168 valence electrons. The Hall–Kier alpha value is -3.72. The van der Waals surface area contributed by atoms with Crippen molar-refractivity contribution in [3.63, 3.8) is 0 Å². The summed E-state index contributed by atoms with van der Waals surface area (Å²) < 4.78 is 7.20. The van der Waals surface area contributed by atoms with E-state index in [4.69, 9.17) is 16.3 Å². The van der Waals surface area contributed by atoms with E-state index < -0.39 is 0 Å². The summed E-state index contributed by atoms with van der Waals surface area (Å²) in [6.45, 7) is 5.01. The van der Waals surface area contributed by atoms with E-state index in [0.29, 0.717) is 54.5 Å². The van der Waals surface area contributed by atoms with Crippen LogP contribution in [0.5, 0.6) is 5.75 Å². The molecule has 0 bridgehead atoms. The summed E-state index contributed by atoms with van der Waals surface area (Å²) in [5.74, 6) is 1.52. The molecule has 0 saturated carbocycles. The molecule has 1 aliphatic heterocycles. The van der Waals surface area contributed by atoms with Gasteiger partial charge in [0.1, 0.15) is 12.1 Å². The Morgan fingerprint density at radius 2 is 1.73 bits per heavy atom. The number of halogens is 1. The summed E-state index contributed by atoms with van der Waals surface area (Å²) in [5, 5.41) is 9.28. The number of carbonyl (C=O) groups excluding carboxylic acids is 1. The van der Waals surface area contributed by atoms with Gasteiger partial charge < -0.3 is 14.5 Å². The highest BCUT2D eigenvalue weighted by atomic mass is 35.5. The van der Waals surface area contributed by atoms with E-state index in [1.807, 2.05) is 36.1 Å². The number of amides is 1. The van der Waals surface area contributed by atoms with Crippen LogP contribution in [0.2, 0.25) is 5.02 Å². The first-order valence-electron chi connectivity index (χ1n) is 10.7. The highest BCUT2D eigenvalue weighted by molar-refractivity contribution is 6.30. The third-order valence-electron chi connectivity index (χ3n) is 5.57. The van der Waals surface area contributed by atoms with Crippen LogP contribution in [0.4, 0.5) is 5.82 Å². The molecule has 1 saturated heterocycles. The van der Waals surface area contributed by atoms with E-state index in [1.165, 1.54) is 6.33 Å². The molecule has 10 heteroatoms. The van der Waals surface area contributed by atoms with Crippen molar-refractivity contribution in [1.29, 1.82) is 0 Å². The van der Waals surface area contributed by atoms with Crippen molar-refractivity contribution in [3.8, 4) is 11.4 Å². The number of aromatic nitrogens is 5. The molecule has 2 aromatic carbocycles. The fraction of sp³-hybridized carbons (Fsp3) is 0.261. The summed E-state index contributed by atoms with van der Waals surface area (Å²) in [4.78, 5) is 25.6. The molecule has 2 aromatic heterocycles. The summed E-state index contributed by atoms with van der Waals surface area (Å²) >= 11 is 5.94. The van der Waals surface area contributed by atoms with Crippen molar-refractivity contribution in [2.75, 3.05) is 37.7 Å². The number of nitrogens with zero attached hydrogens (tertiary/aromatic N) is 7. The van der Waals surface area contributed by atoms with Gasteiger partial charge in [0.25, 0.3) is 5.91 Å². The maximum Gasteiger partial charge on any atom is 0.253 e. The number of piperazine rings is 1. The lowest BCUT2D eigenvalue weighted by Gasteiger charge is -2.35. The number of carbonyl (C=O) groups is 1. The summed E-state index contributed by atoms with van der Waals surface area (Å²) in [6, 6.07) is 14.6. The van der Waals surface area contributed by atoms with Crippen molar-refractivity contribution in [3.05, 3.63) is 65.4 Å². The molecular formula is C23H22ClN7O2. The number of benzene rings is 2. The van der Waals surface area contributed by atoms with E-state index in [2.05, 4.69) is 25.2 Å². The first-order valence-corrected chi connectivity index (χ1v) is 11.1. The van der Waals surface area contributed by atoms with Gasteiger partial charge >= 0.3 is 0 Å². The van der Waals surface area contributed by atoms with E-state index >= 15 is 0 Å². The van der Waals surface area contributed by atoms with Gasteiger partial charge in [-0.15, -0.1) is 5.10 Å². The van der Waals surface area contributed by atoms with Crippen molar-refractivity contribution < 1.29 is 9.53 Å². The number of rotatable bonds is 5. The predicted molar refractivity (Wildman–Crippen MR) is 125 cm³/mol. The molecule has 0 radical (unpaired) electrons. The summed E-state index contributed by atoms with van der Waals surface area (Å²) in [6.07, 6.45) is 1.53. The van der Waals surface area contributed by atoms with Gasteiger partial charge in [-0.1, -0.05) is 16.8 Å². The van der Waals surface area contributed by atoms with Crippen LogP contribution >= 0.6 is 11.6 Å². The molecule has 0 aliphatic carbocycles. The maximum absolute atomic E-state index is 12.8. The maximum atomic E-state index is 12.8. The van der Waals surface area contributed by atoms with Gasteiger partial charge in [0.15, 0.2) is 17.0 Å². The molecule has 0 spiro atoms. The molecule has 1 fully saturated rings. The van der Waals surface area contributed by atoms with Crippen molar-refractivity contribution in [1.82, 2.24) is 29.9 Å². The zero-order valence-electron chi connectivity index (χ0n) is 18.1. The first-order chi connectivity index (χ1) is 16.1. The lowest BCUT2D eigenvalue weighted by atomic mass is 10.2. The Bertz CT molecular complexity index is 1270. The monoisotopic (exact) mass is 463 g/mol. The molecule has 1 aliphatic rings. The van der Waals surface area contributed by atoms with Gasteiger partial charge in [-0.3, -0.25) is 4.79 Å². The number of hydrogen-bond acceptors (Lipinski definition) is 7. The molecular weight excluding hydrogens is 442 g/mol. The van der Waals surface area contributed by atoms with Crippen LogP contribution < -0.4 is 9.64 Å². The zero-order valence-corrected chi connectivity index (χ0v) is 18.8. The molecule has 9 nitrogen and oxygen atoms in total. The Labute approximate surface area is 195 Å². The third kappa shape index (κ3) is 4.19. The number of anilines is 1. The Morgan fingerprint density at radius 1 is 1.00 bits per heavy atom. The van der Waals surface area contributed by atoms with Gasteiger partial charge in [0, 0.05) is 36.8 Å². The van der Waals surface area contributed by atoms with Crippen LogP contribution in [0.1, 0.15) is 17.3 Å². The fourth-order valence-corrected chi connectivity index (χ4v) is 4.01. The van der Waals surface area contributed by atoms with Crippen molar-refractivity contribution in [2.45, 2.75) is 6.92 Å². The minimum atomic E-state index is 0.000551. The molecule has 0 N–H and O–H groups in total. The number of hydrogen-bond donors (Lipinski definition) is 0.